The Kier molecular flexibility index (Phi) is 4.18. The van der Waals surface area contributed by atoms with Crippen molar-refractivity contribution in [2.45, 2.75) is 13.8 Å². The predicted molar refractivity (Wildman–Crippen MR) is 82.8 cm³/mol. The highest BCUT2D eigenvalue weighted by Gasteiger charge is 2.34. The van der Waals surface area contributed by atoms with Crippen molar-refractivity contribution in [1.82, 2.24) is 0 Å². The molecular formula is C15H17IO3. The van der Waals surface area contributed by atoms with Crippen molar-refractivity contribution in [2.24, 2.45) is 17.3 Å². The second-order valence-corrected chi connectivity index (χ2v) is 6.15. The molecule has 2 aliphatic carbocycles. The molecular weight excluding hydrogens is 355 g/mol. The molecule has 2 atom stereocenters. The van der Waals surface area contributed by atoms with Crippen LogP contribution >= 0.6 is 22.6 Å². The fourth-order valence-corrected chi connectivity index (χ4v) is 2.27. The molecule has 3 nitrogen and oxygen atoms in total. The van der Waals surface area contributed by atoms with Gasteiger partial charge in [-0.05, 0) is 26.0 Å². The smallest absolute Gasteiger partial charge is 0.317 e. The topological polar surface area (TPSA) is 46.5 Å². The summed E-state index contributed by atoms with van der Waals surface area (Å²) in [6.07, 6.45) is 11.0. The molecule has 4 heteroatoms. The Morgan fingerprint density at radius 2 is 1.95 bits per heavy atom. The van der Waals surface area contributed by atoms with Crippen LogP contribution in [0.25, 0.3) is 0 Å². The first-order valence-corrected chi connectivity index (χ1v) is 7.72. The van der Waals surface area contributed by atoms with Gasteiger partial charge in [0.1, 0.15) is 11.5 Å². The average Bonchev–Trinajstić information content (AvgIpc) is 2.40. The third-order valence-electron chi connectivity index (χ3n) is 3.32. The number of hydrogen-bond donors (Lipinski definition) is 1. The summed E-state index contributed by atoms with van der Waals surface area (Å²) in [4.78, 5) is 12.1. The Bertz CT molecular complexity index is 498. The molecule has 0 saturated carbocycles. The summed E-state index contributed by atoms with van der Waals surface area (Å²) in [5, 5.41) is 9.85. The lowest BCUT2D eigenvalue weighted by Gasteiger charge is -2.29. The van der Waals surface area contributed by atoms with Crippen LogP contribution in [0.3, 0.4) is 0 Å². The van der Waals surface area contributed by atoms with Crippen molar-refractivity contribution in [3.05, 3.63) is 48.0 Å². The van der Waals surface area contributed by atoms with Crippen molar-refractivity contribution in [2.75, 3.05) is 4.43 Å². The molecule has 2 rings (SSSR count). The van der Waals surface area contributed by atoms with Crippen molar-refractivity contribution in [3.8, 4) is 0 Å². The van der Waals surface area contributed by atoms with E-state index in [1.165, 1.54) is 0 Å². The first-order chi connectivity index (χ1) is 8.95. The highest BCUT2D eigenvalue weighted by atomic mass is 127. The molecule has 0 aromatic rings. The van der Waals surface area contributed by atoms with E-state index in [1.807, 2.05) is 32.1 Å². The number of carbonyl (C=O) groups is 1. The fraction of sp³-hybridized carbons (Fsp3) is 0.400. The van der Waals surface area contributed by atoms with Gasteiger partial charge < -0.3 is 9.84 Å². The van der Waals surface area contributed by atoms with Crippen LogP contribution < -0.4 is 0 Å². The number of rotatable bonds is 3. The standard InChI is InChI=1S/C15H17IO3/c1-15(2,9-16)14(18)19-13-8-4-5-10-11(13)6-3-7-12(10)17/h3-8,10-11,17H,9H2,1-2H3. The molecule has 0 spiro atoms. The molecule has 0 heterocycles. The molecule has 0 aromatic heterocycles. The number of allylic oxidation sites excluding steroid dienone is 6. The number of aliphatic hydroxyl groups is 1. The van der Waals surface area contributed by atoms with Crippen LogP contribution in [0.15, 0.2) is 48.0 Å². The molecule has 0 saturated heterocycles. The van der Waals surface area contributed by atoms with Crippen LogP contribution in [0.5, 0.6) is 0 Å². The number of esters is 1. The number of aliphatic hydroxyl groups excluding tert-OH is 1. The number of hydrogen-bond acceptors (Lipinski definition) is 3. The number of ether oxygens (including phenoxy) is 1. The minimum atomic E-state index is -0.506. The molecule has 19 heavy (non-hydrogen) atoms. The maximum Gasteiger partial charge on any atom is 0.317 e. The van der Waals surface area contributed by atoms with E-state index in [1.54, 1.807) is 18.2 Å². The maximum absolute atomic E-state index is 12.1. The highest BCUT2D eigenvalue weighted by molar-refractivity contribution is 14.1. The monoisotopic (exact) mass is 372 g/mol. The van der Waals surface area contributed by atoms with Crippen LogP contribution in [0, 0.1) is 17.3 Å². The van der Waals surface area contributed by atoms with Gasteiger partial charge in [0, 0.05) is 16.3 Å². The normalized spacial score (nSPS) is 25.4. The zero-order chi connectivity index (χ0) is 14.0. The van der Waals surface area contributed by atoms with Crippen LogP contribution in [-0.4, -0.2) is 15.5 Å². The molecule has 1 N–H and O–H groups in total. The van der Waals surface area contributed by atoms with E-state index >= 15 is 0 Å². The lowest BCUT2D eigenvalue weighted by atomic mass is 9.82. The molecule has 0 amide bonds. The quantitative estimate of drug-likeness (QED) is 0.467. The van der Waals surface area contributed by atoms with Crippen LogP contribution in [0.2, 0.25) is 0 Å². The van der Waals surface area contributed by atoms with Crippen LogP contribution in [0.4, 0.5) is 0 Å². The molecule has 0 bridgehead atoms. The minimum Gasteiger partial charge on any atom is -0.512 e. The van der Waals surface area contributed by atoms with E-state index in [0.717, 1.165) is 0 Å². The molecule has 0 radical (unpaired) electrons. The number of halogens is 1. The van der Waals surface area contributed by atoms with Gasteiger partial charge in [-0.1, -0.05) is 46.9 Å². The van der Waals surface area contributed by atoms with E-state index in [0.29, 0.717) is 15.9 Å². The lowest BCUT2D eigenvalue weighted by Crippen LogP contribution is -2.31. The molecule has 0 aliphatic heterocycles. The van der Waals surface area contributed by atoms with Crippen molar-refractivity contribution in [1.29, 1.82) is 0 Å². The lowest BCUT2D eigenvalue weighted by molar-refractivity contribution is -0.148. The number of carbonyl (C=O) groups excluding carboxylic acids is 1. The van der Waals surface area contributed by atoms with Gasteiger partial charge in [0.05, 0.1) is 5.41 Å². The van der Waals surface area contributed by atoms with Gasteiger partial charge in [-0.2, -0.15) is 0 Å². The Morgan fingerprint density at radius 3 is 2.63 bits per heavy atom. The third-order valence-corrected chi connectivity index (χ3v) is 5.23. The van der Waals surface area contributed by atoms with Gasteiger partial charge in [0.15, 0.2) is 0 Å². The second-order valence-electron chi connectivity index (χ2n) is 5.39. The SMILES string of the molecule is CC(C)(CI)C(=O)OC1=CC=CC2C(O)=CC=CC12. The second kappa shape index (κ2) is 5.53. The first kappa shape index (κ1) is 14.4. The summed E-state index contributed by atoms with van der Waals surface area (Å²) in [6, 6.07) is 0. The van der Waals surface area contributed by atoms with E-state index in [9.17, 15) is 9.90 Å². The summed E-state index contributed by atoms with van der Waals surface area (Å²) >= 11 is 2.18. The molecule has 2 unspecified atom stereocenters. The van der Waals surface area contributed by atoms with Crippen molar-refractivity contribution < 1.29 is 14.6 Å². The van der Waals surface area contributed by atoms with Gasteiger partial charge in [-0.15, -0.1) is 0 Å². The highest BCUT2D eigenvalue weighted by Crippen LogP contribution is 2.36. The van der Waals surface area contributed by atoms with Crippen molar-refractivity contribution >= 4 is 28.6 Å². The Morgan fingerprint density at radius 1 is 1.32 bits per heavy atom. The zero-order valence-corrected chi connectivity index (χ0v) is 13.1. The first-order valence-electron chi connectivity index (χ1n) is 6.19. The molecule has 0 aromatic carbocycles. The summed E-state index contributed by atoms with van der Waals surface area (Å²) in [5.41, 5.74) is -0.506. The summed E-state index contributed by atoms with van der Waals surface area (Å²) in [5.74, 6) is 0.457. The summed E-state index contributed by atoms with van der Waals surface area (Å²) < 4.78 is 6.24. The number of alkyl halides is 1. The van der Waals surface area contributed by atoms with Crippen molar-refractivity contribution in [3.63, 3.8) is 0 Å². The number of fused-ring (bicyclic) bond motifs is 1. The molecule has 102 valence electrons. The Labute approximate surface area is 126 Å². The molecule has 2 aliphatic rings. The van der Waals surface area contributed by atoms with Gasteiger partial charge in [0.2, 0.25) is 0 Å². The van der Waals surface area contributed by atoms with Gasteiger partial charge in [0.25, 0.3) is 0 Å². The van der Waals surface area contributed by atoms with E-state index in [2.05, 4.69) is 22.6 Å². The fourth-order valence-electron chi connectivity index (χ4n) is 1.96. The third kappa shape index (κ3) is 2.94. The van der Waals surface area contributed by atoms with E-state index < -0.39 is 5.41 Å². The minimum absolute atomic E-state index is 0.0936. The predicted octanol–water partition coefficient (Wildman–Crippen LogP) is 3.69. The van der Waals surface area contributed by atoms with E-state index in [4.69, 9.17) is 4.74 Å². The van der Waals surface area contributed by atoms with Crippen LogP contribution in [0.1, 0.15) is 13.8 Å². The zero-order valence-electron chi connectivity index (χ0n) is 11.0. The average molecular weight is 372 g/mol. The summed E-state index contributed by atoms with van der Waals surface area (Å²) in [7, 11) is 0. The molecule has 0 fully saturated rings. The van der Waals surface area contributed by atoms with E-state index in [-0.39, 0.29) is 17.8 Å². The Hall–Kier alpha value is -1.04. The largest absolute Gasteiger partial charge is 0.512 e. The van der Waals surface area contributed by atoms with Gasteiger partial charge >= 0.3 is 5.97 Å². The maximum atomic E-state index is 12.1. The van der Waals surface area contributed by atoms with Gasteiger partial charge in [-0.3, -0.25) is 4.79 Å². The van der Waals surface area contributed by atoms with Crippen LogP contribution in [-0.2, 0) is 9.53 Å². The van der Waals surface area contributed by atoms with Gasteiger partial charge in [-0.25, -0.2) is 0 Å². The summed E-state index contributed by atoms with van der Waals surface area (Å²) in [6.45, 7) is 3.74. The Balaban J connectivity index is 2.16.